The quantitative estimate of drug-likeness (QED) is 0.860. The van der Waals surface area contributed by atoms with Crippen LogP contribution in [-0.4, -0.2) is 39.9 Å². The zero-order chi connectivity index (χ0) is 15.0. The second-order valence-corrected chi connectivity index (χ2v) is 6.63. The molecule has 4 nitrogen and oxygen atoms in total. The highest BCUT2D eigenvalue weighted by Crippen LogP contribution is 2.37. The Morgan fingerprint density at radius 2 is 1.85 bits per heavy atom. The van der Waals surface area contributed by atoms with Crippen LogP contribution in [0.5, 0.6) is 0 Å². The summed E-state index contributed by atoms with van der Waals surface area (Å²) in [5, 5.41) is 9.67. The van der Waals surface area contributed by atoms with Crippen LogP contribution in [0.25, 0.3) is 0 Å². The number of carboxylic acid groups (broad SMARTS) is 1. The number of nitrogens with zero attached hydrogens (tertiary/aromatic N) is 1. The first-order valence-electron chi connectivity index (χ1n) is 6.94. The van der Waals surface area contributed by atoms with E-state index < -0.39 is 17.2 Å². The molecule has 1 aromatic rings. The highest BCUT2D eigenvalue weighted by molar-refractivity contribution is 5.67. The summed E-state index contributed by atoms with van der Waals surface area (Å²) in [6, 6.07) is 9.98. The van der Waals surface area contributed by atoms with Gasteiger partial charge in [-0.15, -0.1) is 0 Å². The van der Waals surface area contributed by atoms with E-state index in [4.69, 9.17) is 4.74 Å². The maximum absolute atomic E-state index is 11.8. The SMILES string of the molecule is CC(C)(C)N(C(=O)O)[C@](C)(Cc1ccccc1)C1CO1. The van der Waals surface area contributed by atoms with Gasteiger partial charge in [0.05, 0.1) is 12.1 Å². The van der Waals surface area contributed by atoms with Crippen molar-refractivity contribution in [2.45, 2.75) is 51.3 Å². The molecule has 0 aliphatic carbocycles. The molecule has 1 aliphatic rings. The molecule has 110 valence electrons. The normalized spacial score (nSPS) is 21.1. The van der Waals surface area contributed by atoms with E-state index in [1.165, 1.54) is 0 Å². The number of rotatable bonds is 4. The number of amides is 1. The lowest BCUT2D eigenvalue weighted by Crippen LogP contribution is -2.61. The second-order valence-electron chi connectivity index (χ2n) is 6.63. The Hall–Kier alpha value is -1.55. The van der Waals surface area contributed by atoms with Crippen LogP contribution in [-0.2, 0) is 11.2 Å². The van der Waals surface area contributed by atoms with E-state index in [9.17, 15) is 9.90 Å². The molecule has 1 unspecified atom stereocenters. The number of benzene rings is 1. The van der Waals surface area contributed by atoms with Crippen molar-refractivity contribution < 1.29 is 14.6 Å². The number of ether oxygens (including phenoxy) is 1. The third-order valence-electron chi connectivity index (χ3n) is 3.80. The van der Waals surface area contributed by atoms with Gasteiger partial charge in [-0.3, -0.25) is 4.90 Å². The molecular formula is C16H23NO3. The molecule has 0 aromatic heterocycles. The minimum Gasteiger partial charge on any atom is -0.465 e. The monoisotopic (exact) mass is 277 g/mol. The molecule has 0 radical (unpaired) electrons. The van der Waals surface area contributed by atoms with Crippen LogP contribution < -0.4 is 0 Å². The Morgan fingerprint density at radius 3 is 2.25 bits per heavy atom. The highest BCUT2D eigenvalue weighted by atomic mass is 16.6. The van der Waals surface area contributed by atoms with Gasteiger partial charge >= 0.3 is 6.09 Å². The van der Waals surface area contributed by atoms with Crippen LogP contribution in [0.3, 0.4) is 0 Å². The van der Waals surface area contributed by atoms with Gasteiger partial charge in [0.2, 0.25) is 0 Å². The van der Waals surface area contributed by atoms with Crippen LogP contribution in [0.2, 0.25) is 0 Å². The van der Waals surface area contributed by atoms with Crippen molar-refractivity contribution in [2.75, 3.05) is 6.61 Å². The summed E-state index contributed by atoms with van der Waals surface area (Å²) in [6.07, 6.45) is -0.272. The van der Waals surface area contributed by atoms with E-state index >= 15 is 0 Å². The van der Waals surface area contributed by atoms with Gasteiger partial charge in [0.1, 0.15) is 6.10 Å². The summed E-state index contributed by atoms with van der Waals surface area (Å²) >= 11 is 0. The fourth-order valence-electron chi connectivity index (χ4n) is 3.02. The zero-order valence-electron chi connectivity index (χ0n) is 12.6. The van der Waals surface area contributed by atoms with Crippen molar-refractivity contribution in [1.82, 2.24) is 4.90 Å². The predicted molar refractivity (Wildman–Crippen MR) is 77.9 cm³/mol. The molecular weight excluding hydrogens is 254 g/mol. The lowest BCUT2D eigenvalue weighted by atomic mass is 9.84. The molecule has 4 heteroatoms. The fourth-order valence-corrected chi connectivity index (χ4v) is 3.02. The number of hydrogen-bond acceptors (Lipinski definition) is 2. The van der Waals surface area contributed by atoms with Gasteiger partial charge in [-0.2, -0.15) is 0 Å². The van der Waals surface area contributed by atoms with Crippen molar-refractivity contribution >= 4 is 6.09 Å². The molecule has 0 saturated carbocycles. The summed E-state index contributed by atoms with van der Waals surface area (Å²) in [7, 11) is 0. The molecule has 1 amide bonds. The lowest BCUT2D eigenvalue weighted by molar-refractivity contribution is 0.00936. The summed E-state index contributed by atoms with van der Waals surface area (Å²) in [5.74, 6) is 0. The van der Waals surface area contributed by atoms with Gasteiger partial charge < -0.3 is 9.84 Å². The van der Waals surface area contributed by atoms with Crippen molar-refractivity contribution in [3.05, 3.63) is 35.9 Å². The van der Waals surface area contributed by atoms with Crippen molar-refractivity contribution in [3.8, 4) is 0 Å². The molecule has 0 bridgehead atoms. The fraction of sp³-hybridized carbons (Fsp3) is 0.562. The van der Waals surface area contributed by atoms with E-state index in [-0.39, 0.29) is 6.10 Å². The van der Waals surface area contributed by atoms with Gasteiger partial charge in [-0.1, -0.05) is 30.3 Å². The van der Waals surface area contributed by atoms with Crippen LogP contribution in [0, 0.1) is 0 Å². The maximum Gasteiger partial charge on any atom is 0.408 e. The van der Waals surface area contributed by atoms with E-state index in [1.54, 1.807) is 4.90 Å². The largest absolute Gasteiger partial charge is 0.465 e. The smallest absolute Gasteiger partial charge is 0.408 e. The summed E-state index contributed by atoms with van der Waals surface area (Å²) in [6.45, 7) is 8.38. The van der Waals surface area contributed by atoms with E-state index in [2.05, 4.69) is 0 Å². The molecule has 2 atom stereocenters. The van der Waals surface area contributed by atoms with Gasteiger partial charge in [0.25, 0.3) is 0 Å². The molecule has 1 fully saturated rings. The minimum atomic E-state index is -0.897. The molecule has 2 rings (SSSR count). The number of carbonyl (C=O) groups is 1. The third-order valence-corrected chi connectivity index (χ3v) is 3.80. The Morgan fingerprint density at radius 1 is 1.30 bits per heavy atom. The number of hydrogen-bond donors (Lipinski definition) is 1. The molecule has 1 aliphatic heterocycles. The van der Waals surface area contributed by atoms with E-state index in [0.717, 1.165) is 5.56 Å². The Bertz CT molecular complexity index is 476. The first-order valence-corrected chi connectivity index (χ1v) is 6.94. The standard InChI is InChI=1S/C16H23NO3/c1-15(2,3)17(14(18)19)16(4,13-11-20-13)10-12-8-6-5-7-9-12/h5-9,13H,10-11H2,1-4H3,(H,18,19)/t13?,16-/m1/s1. The third kappa shape index (κ3) is 2.96. The lowest BCUT2D eigenvalue weighted by Gasteiger charge is -2.46. The predicted octanol–water partition coefficient (Wildman–Crippen LogP) is 3.17. The molecule has 1 aromatic carbocycles. The highest BCUT2D eigenvalue weighted by Gasteiger charge is 2.52. The first kappa shape index (κ1) is 14.9. The van der Waals surface area contributed by atoms with Crippen molar-refractivity contribution in [1.29, 1.82) is 0 Å². The second kappa shape index (κ2) is 5.09. The maximum atomic E-state index is 11.8. The van der Waals surface area contributed by atoms with Gasteiger partial charge in [0, 0.05) is 5.54 Å². The van der Waals surface area contributed by atoms with Crippen molar-refractivity contribution in [3.63, 3.8) is 0 Å². The van der Waals surface area contributed by atoms with Crippen LogP contribution >= 0.6 is 0 Å². The average Bonchev–Trinajstić information content (AvgIpc) is 3.11. The Labute approximate surface area is 120 Å². The van der Waals surface area contributed by atoms with Crippen LogP contribution in [0.15, 0.2) is 30.3 Å². The van der Waals surface area contributed by atoms with Gasteiger partial charge in [-0.25, -0.2) is 4.79 Å². The van der Waals surface area contributed by atoms with Crippen LogP contribution in [0.4, 0.5) is 4.79 Å². The van der Waals surface area contributed by atoms with Crippen molar-refractivity contribution in [2.24, 2.45) is 0 Å². The summed E-state index contributed by atoms with van der Waals surface area (Å²) in [5.41, 5.74) is 0.105. The molecule has 20 heavy (non-hydrogen) atoms. The molecule has 1 saturated heterocycles. The first-order chi connectivity index (χ1) is 9.25. The number of epoxide rings is 1. The molecule has 0 spiro atoms. The summed E-state index contributed by atoms with van der Waals surface area (Å²) in [4.78, 5) is 13.3. The van der Waals surface area contributed by atoms with Crippen LogP contribution in [0.1, 0.15) is 33.3 Å². The van der Waals surface area contributed by atoms with E-state index in [1.807, 2.05) is 58.0 Å². The molecule has 1 heterocycles. The van der Waals surface area contributed by atoms with E-state index in [0.29, 0.717) is 13.0 Å². The molecule has 1 N–H and O–H groups in total. The zero-order valence-corrected chi connectivity index (χ0v) is 12.6. The van der Waals surface area contributed by atoms with Gasteiger partial charge in [-0.05, 0) is 39.7 Å². The Kier molecular flexibility index (Phi) is 3.78. The minimum absolute atomic E-state index is 0.0296. The summed E-state index contributed by atoms with van der Waals surface area (Å²) < 4.78 is 5.47. The van der Waals surface area contributed by atoms with Gasteiger partial charge in [0.15, 0.2) is 0 Å². The topological polar surface area (TPSA) is 53.1 Å². The average molecular weight is 277 g/mol. The Balaban J connectivity index is 2.35.